The normalized spacial score (nSPS) is 25.0. The maximum atomic E-state index is 13.6. The summed E-state index contributed by atoms with van der Waals surface area (Å²) >= 11 is 0. The molecule has 3 saturated heterocycles. The van der Waals surface area contributed by atoms with Crippen molar-refractivity contribution < 1.29 is 13.6 Å². The highest BCUT2D eigenvalue weighted by Crippen LogP contribution is 2.22. The third kappa shape index (κ3) is 3.23. The van der Waals surface area contributed by atoms with Gasteiger partial charge in [-0.3, -0.25) is 4.79 Å². The van der Waals surface area contributed by atoms with Gasteiger partial charge >= 0.3 is 0 Å². The summed E-state index contributed by atoms with van der Waals surface area (Å²) < 4.78 is 26.5. The Balaban J connectivity index is 1.61. The number of nitrogens with zero attached hydrogens (tertiary/aromatic N) is 2. The summed E-state index contributed by atoms with van der Waals surface area (Å²) in [6, 6.07) is 3.89. The van der Waals surface area contributed by atoms with Crippen LogP contribution in [0.25, 0.3) is 0 Å². The minimum atomic E-state index is -0.582. The van der Waals surface area contributed by atoms with E-state index in [-0.39, 0.29) is 5.91 Å². The standard InChI is InChI=1S/C16H20F2N2O/c17-13-3-1-12(15(18)11-13)2-4-16(21)20-10-9-19-7-5-14(20)6-8-19/h1,3,11,14H,2,4-10H2. The van der Waals surface area contributed by atoms with E-state index < -0.39 is 11.6 Å². The van der Waals surface area contributed by atoms with Gasteiger partial charge in [-0.1, -0.05) is 6.07 Å². The van der Waals surface area contributed by atoms with E-state index in [2.05, 4.69) is 4.90 Å². The number of piperidine rings is 1. The van der Waals surface area contributed by atoms with Gasteiger partial charge < -0.3 is 9.80 Å². The van der Waals surface area contributed by atoms with Crippen molar-refractivity contribution in [2.24, 2.45) is 0 Å². The Hall–Kier alpha value is -1.49. The highest BCUT2D eigenvalue weighted by atomic mass is 19.1. The lowest BCUT2D eigenvalue weighted by atomic mass is 10.0. The van der Waals surface area contributed by atoms with Crippen molar-refractivity contribution in [3.63, 3.8) is 0 Å². The molecule has 3 nitrogen and oxygen atoms in total. The minimum Gasteiger partial charge on any atom is -0.338 e. The molecule has 1 amide bonds. The van der Waals surface area contributed by atoms with Crippen LogP contribution in [-0.4, -0.2) is 47.9 Å². The fraction of sp³-hybridized carbons (Fsp3) is 0.562. The molecule has 0 spiro atoms. The van der Waals surface area contributed by atoms with Crippen LogP contribution >= 0.6 is 0 Å². The molecule has 0 N–H and O–H groups in total. The molecule has 3 fully saturated rings. The van der Waals surface area contributed by atoms with E-state index in [0.29, 0.717) is 24.4 Å². The molecule has 21 heavy (non-hydrogen) atoms. The summed E-state index contributed by atoms with van der Waals surface area (Å²) in [5, 5.41) is 0. The monoisotopic (exact) mass is 294 g/mol. The molecular formula is C16H20F2N2O. The number of amides is 1. The molecule has 1 aromatic rings. The molecule has 3 aliphatic rings. The van der Waals surface area contributed by atoms with Crippen LogP contribution in [0.15, 0.2) is 18.2 Å². The Morgan fingerprint density at radius 2 is 1.90 bits per heavy atom. The lowest BCUT2D eigenvalue weighted by Crippen LogP contribution is -2.41. The summed E-state index contributed by atoms with van der Waals surface area (Å²) in [4.78, 5) is 16.8. The van der Waals surface area contributed by atoms with Gasteiger partial charge in [0.25, 0.3) is 0 Å². The Morgan fingerprint density at radius 1 is 1.14 bits per heavy atom. The number of aryl methyl sites for hydroxylation is 1. The zero-order valence-corrected chi connectivity index (χ0v) is 12.0. The van der Waals surface area contributed by atoms with E-state index >= 15 is 0 Å². The highest BCUT2D eigenvalue weighted by molar-refractivity contribution is 5.77. The molecule has 4 rings (SSSR count). The number of hydrogen-bond donors (Lipinski definition) is 0. The van der Waals surface area contributed by atoms with E-state index in [1.807, 2.05) is 4.90 Å². The van der Waals surface area contributed by atoms with Crippen LogP contribution < -0.4 is 0 Å². The van der Waals surface area contributed by atoms with Gasteiger partial charge in [0.2, 0.25) is 5.91 Å². The van der Waals surface area contributed by atoms with Gasteiger partial charge in [0.1, 0.15) is 11.6 Å². The average Bonchev–Trinajstić information content (AvgIpc) is 2.80. The third-order valence-corrected chi connectivity index (χ3v) is 4.60. The lowest BCUT2D eigenvalue weighted by molar-refractivity contribution is -0.133. The van der Waals surface area contributed by atoms with Gasteiger partial charge in [-0.25, -0.2) is 8.78 Å². The molecule has 0 aromatic heterocycles. The third-order valence-electron chi connectivity index (χ3n) is 4.60. The van der Waals surface area contributed by atoms with Crippen LogP contribution in [0, 0.1) is 11.6 Å². The molecule has 1 aromatic carbocycles. The van der Waals surface area contributed by atoms with Crippen LogP contribution in [0.3, 0.4) is 0 Å². The van der Waals surface area contributed by atoms with Gasteiger partial charge in [0, 0.05) is 44.7 Å². The summed E-state index contributed by atoms with van der Waals surface area (Å²) in [6.07, 6.45) is 2.70. The largest absolute Gasteiger partial charge is 0.338 e. The fourth-order valence-electron chi connectivity index (χ4n) is 3.32. The van der Waals surface area contributed by atoms with Crippen molar-refractivity contribution in [2.45, 2.75) is 31.7 Å². The zero-order chi connectivity index (χ0) is 14.8. The molecular weight excluding hydrogens is 274 g/mol. The molecule has 114 valence electrons. The molecule has 2 bridgehead atoms. The van der Waals surface area contributed by atoms with E-state index in [4.69, 9.17) is 0 Å². The highest BCUT2D eigenvalue weighted by Gasteiger charge is 2.31. The molecule has 5 heteroatoms. The number of fused-ring (bicyclic) bond motifs is 4. The van der Waals surface area contributed by atoms with E-state index in [9.17, 15) is 13.6 Å². The summed E-state index contributed by atoms with van der Waals surface area (Å²) in [5.41, 5.74) is 0.410. The van der Waals surface area contributed by atoms with Crippen LogP contribution in [0.2, 0.25) is 0 Å². The van der Waals surface area contributed by atoms with Crippen molar-refractivity contribution in [3.8, 4) is 0 Å². The minimum absolute atomic E-state index is 0.0903. The predicted molar refractivity (Wildman–Crippen MR) is 75.9 cm³/mol. The van der Waals surface area contributed by atoms with Gasteiger partial charge in [0.05, 0.1) is 0 Å². The maximum Gasteiger partial charge on any atom is 0.223 e. The Labute approximate surface area is 123 Å². The van der Waals surface area contributed by atoms with Crippen LogP contribution in [-0.2, 0) is 11.2 Å². The van der Waals surface area contributed by atoms with Gasteiger partial charge in [-0.2, -0.15) is 0 Å². The summed E-state index contributed by atoms with van der Waals surface area (Å²) in [6.45, 7) is 3.85. The Bertz CT molecular complexity index is 527. The van der Waals surface area contributed by atoms with Crippen molar-refractivity contribution in [1.29, 1.82) is 0 Å². The second-order valence-corrected chi connectivity index (χ2v) is 5.90. The number of benzene rings is 1. The molecule has 0 saturated carbocycles. The second-order valence-electron chi connectivity index (χ2n) is 5.90. The number of hydrogen-bond acceptors (Lipinski definition) is 2. The first-order valence-corrected chi connectivity index (χ1v) is 7.59. The van der Waals surface area contributed by atoms with Crippen molar-refractivity contribution >= 4 is 5.91 Å². The number of rotatable bonds is 3. The fourth-order valence-corrected chi connectivity index (χ4v) is 3.32. The Morgan fingerprint density at radius 3 is 2.62 bits per heavy atom. The number of carbonyl (C=O) groups is 1. The SMILES string of the molecule is O=C(CCc1ccc(F)cc1F)N1CCN2CCC1CC2. The summed E-state index contributed by atoms with van der Waals surface area (Å²) in [7, 11) is 0. The molecule has 3 heterocycles. The van der Waals surface area contributed by atoms with Gasteiger partial charge in [0.15, 0.2) is 0 Å². The second kappa shape index (κ2) is 6.10. The average molecular weight is 294 g/mol. The first kappa shape index (κ1) is 14.4. The van der Waals surface area contributed by atoms with Gasteiger partial charge in [-0.15, -0.1) is 0 Å². The Kier molecular flexibility index (Phi) is 4.19. The van der Waals surface area contributed by atoms with Crippen LogP contribution in [0.1, 0.15) is 24.8 Å². The number of carbonyl (C=O) groups excluding carboxylic acids is 1. The molecule has 0 unspecified atom stereocenters. The number of halogens is 2. The van der Waals surface area contributed by atoms with Crippen LogP contribution in [0.4, 0.5) is 8.78 Å². The molecule has 0 radical (unpaired) electrons. The molecule has 0 aliphatic carbocycles. The zero-order valence-electron chi connectivity index (χ0n) is 12.0. The van der Waals surface area contributed by atoms with Crippen molar-refractivity contribution in [2.75, 3.05) is 26.2 Å². The molecule has 0 atom stereocenters. The molecule has 3 aliphatic heterocycles. The van der Waals surface area contributed by atoms with E-state index in [1.54, 1.807) is 0 Å². The first-order chi connectivity index (χ1) is 10.1. The van der Waals surface area contributed by atoms with Crippen LogP contribution in [0.5, 0.6) is 0 Å². The first-order valence-electron chi connectivity index (χ1n) is 7.59. The van der Waals surface area contributed by atoms with Crippen molar-refractivity contribution in [3.05, 3.63) is 35.4 Å². The van der Waals surface area contributed by atoms with Crippen molar-refractivity contribution in [1.82, 2.24) is 9.80 Å². The summed E-state index contributed by atoms with van der Waals surface area (Å²) in [5.74, 6) is -1.06. The van der Waals surface area contributed by atoms with Gasteiger partial charge in [-0.05, 0) is 30.9 Å². The quantitative estimate of drug-likeness (QED) is 0.853. The maximum absolute atomic E-state index is 13.6. The predicted octanol–water partition coefficient (Wildman–Crippen LogP) is 2.20. The lowest BCUT2D eigenvalue weighted by Gasteiger charge is -2.31. The van der Waals surface area contributed by atoms with E-state index in [0.717, 1.165) is 45.1 Å². The van der Waals surface area contributed by atoms with E-state index in [1.165, 1.54) is 12.1 Å². The topological polar surface area (TPSA) is 23.6 Å². The smallest absolute Gasteiger partial charge is 0.223 e.